The van der Waals surface area contributed by atoms with E-state index in [0.29, 0.717) is 17.8 Å². The van der Waals surface area contributed by atoms with Gasteiger partial charge in [0, 0.05) is 48.9 Å². The molecule has 0 bridgehead atoms. The molecule has 5 heteroatoms. The number of fused-ring (bicyclic) bond motifs is 2. The Labute approximate surface area is 157 Å². The molecule has 3 aromatic rings. The van der Waals surface area contributed by atoms with Gasteiger partial charge in [-0.15, -0.1) is 0 Å². The Morgan fingerprint density at radius 2 is 2.04 bits per heavy atom. The third kappa shape index (κ3) is 3.58. The molecule has 1 aromatic heterocycles. The van der Waals surface area contributed by atoms with Crippen molar-refractivity contribution in [1.29, 1.82) is 0 Å². The molecule has 1 aliphatic heterocycles. The molecule has 5 nitrogen and oxygen atoms in total. The first-order valence-corrected chi connectivity index (χ1v) is 9.18. The minimum Gasteiger partial charge on any atom is -0.423 e. The first-order valence-electron chi connectivity index (χ1n) is 9.18. The summed E-state index contributed by atoms with van der Waals surface area (Å²) in [5, 5.41) is 3.62. The van der Waals surface area contributed by atoms with Crippen LogP contribution in [-0.4, -0.2) is 12.5 Å². The summed E-state index contributed by atoms with van der Waals surface area (Å²) in [7, 11) is 0. The standard InChI is InChI=1S/C22H22N2O3/c1-14-5-8-20-16(10-14)4-3-9-24(20)13-17-11-22(26)27-21-12-18(23-15(2)25)6-7-19(17)21/h5-8,10-12H,3-4,9,13H2,1-2H3,(H,23,25). The Bertz CT molecular complexity index is 1080. The van der Waals surface area contributed by atoms with Crippen molar-refractivity contribution < 1.29 is 9.21 Å². The maximum Gasteiger partial charge on any atom is 0.336 e. The summed E-state index contributed by atoms with van der Waals surface area (Å²) < 4.78 is 5.37. The van der Waals surface area contributed by atoms with Crippen molar-refractivity contribution in [3.05, 3.63) is 69.6 Å². The molecule has 0 saturated heterocycles. The Morgan fingerprint density at radius 3 is 2.85 bits per heavy atom. The topological polar surface area (TPSA) is 62.6 Å². The van der Waals surface area contributed by atoms with Gasteiger partial charge >= 0.3 is 5.63 Å². The molecule has 1 aliphatic rings. The van der Waals surface area contributed by atoms with Crippen LogP contribution >= 0.6 is 0 Å². The number of benzene rings is 2. The molecule has 1 N–H and O–H groups in total. The molecule has 0 fully saturated rings. The fourth-order valence-electron chi connectivity index (χ4n) is 3.82. The van der Waals surface area contributed by atoms with Crippen molar-refractivity contribution in [1.82, 2.24) is 0 Å². The number of hydrogen-bond donors (Lipinski definition) is 1. The number of amides is 1. The predicted octanol–water partition coefficient (Wildman–Crippen LogP) is 4.01. The lowest BCUT2D eigenvalue weighted by Crippen LogP contribution is -2.29. The fraction of sp³-hybridized carbons (Fsp3) is 0.273. The van der Waals surface area contributed by atoms with E-state index in [0.717, 1.165) is 30.3 Å². The highest BCUT2D eigenvalue weighted by atomic mass is 16.4. The number of rotatable bonds is 3. The van der Waals surface area contributed by atoms with Gasteiger partial charge < -0.3 is 14.6 Å². The molecule has 4 rings (SSSR count). The van der Waals surface area contributed by atoms with Gasteiger partial charge in [0.25, 0.3) is 0 Å². The van der Waals surface area contributed by atoms with Gasteiger partial charge in [-0.3, -0.25) is 4.79 Å². The van der Waals surface area contributed by atoms with Gasteiger partial charge in [-0.25, -0.2) is 4.79 Å². The molecule has 0 spiro atoms. The van der Waals surface area contributed by atoms with Gasteiger partial charge in [0.05, 0.1) is 0 Å². The molecule has 138 valence electrons. The van der Waals surface area contributed by atoms with Crippen molar-refractivity contribution in [2.24, 2.45) is 0 Å². The second kappa shape index (κ2) is 6.91. The molecule has 0 aliphatic carbocycles. The number of nitrogens with zero attached hydrogens (tertiary/aromatic N) is 1. The van der Waals surface area contributed by atoms with Crippen LogP contribution in [0.25, 0.3) is 11.0 Å². The summed E-state index contributed by atoms with van der Waals surface area (Å²) in [6.45, 7) is 5.17. The van der Waals surface area contributed by atoms with E-state index in [9.17, 15) is 9.59 Å². The molecule has 2 heterocycles. The van der Waals surface area contributed by atoms with Crippen molar-refractivity contribution in [2.75, 3.05) is 16.8 Å². The lowest BCUT2D eigenvalue weighted by Gasteiger charge is -2.32. The van der Waals surface area contributed by atoms with Gasteiger partial charge in [-0.05, 0) is 49.1 Å². The van der Waals surface area contributed by atoms with Gasteiger partial charge in [0.1, 0.15) is 5.58 Å². The van der Waals surface area contributed by atoms with Crippen molar-refractivity contribution >= 4 is 28.3 Å². The number of anilines is 2. The lowest BCUT2D eigenvalue weighted by atomic mass is 9.98. The molecule has 1 amide bonds. The van der Waals surface area contributed by atoms with Crippen LogP contribution in [0.3, 0.4) is 0 Å². The summed E-state index contributed by atoms with van der Waals surface area (Å²) >= 11 is 0. The van der Waals surface area contributed by atoms with Gasteiger partial charge in [0.15, 0.2) is 0 Å². The highest BCUT2D eigenvalue weighted by Crippen LogP contribution is 2.30. The lowest BCUT2D eigenvalue weighted by molar-refractivity contribution is -0.114. The van der Waals surface area contributed by atoms with Crippen LogP contribution < -0.4 is 15.8 Å². The Morgan fingerprint density at radius 1 is 1.19 bits per heavy atom. The first-order chi connectivity index (χ1) is 13.0. The van der Waals surface area contributed by atoms with Crippen LogP contribution in [0.4, 0.5) is 11.4 Å². The maximum atomic E-state index is 12.1. The van der Waals surface area contributed by atoms with E-state index in [4.69, 9.17) is 4.42 Å². The SMILES string of the molecule is CC(=O)Nc1ccc2c(CN3CCCc4cc(C)ccc43)cc(=O)oc2c1. The molecule has 27 heavy (non-hydrogen) atoms. The van der Waals surface area contributed by atoms with E-state index < -0.39 is 0 Å². The zero-order valence-electron chi connectivity index (χ0n) is 15.5. The number of aryl methyl sites for hydroxylation is 2. The zero-order chi connectivity index (χ0) is 19.0. The smallest absolute Gasteiger partial charge is 0.336 e. The Kier molecular flexibility index (Phi) is 4.44. The van der Waals surface area contributed by atoms with Crippen molar-refractivity contribution in [3.63, 3.8) is 0 Å². The Balaban J connectivity index is 1.72. The minimum atomic E-state index is -0.376. The van der Waals surface area contributed by atoms with Crippen LogP contribution in [0.15, 0.2) is 51.7 Å². The second-order valence-corrected chi connectivity index (χ2v) is 7.14. The minimum absolute atomic E-state index is 0.159. The van der Waals surface area contributed by atoms with E-state index >= 15 is 0 Å². The van der Waals surface area contributed by atoms with E-state index in [-0.39, 0.29) is 11.5 Å². The largest absolute Gasteiger partial charge is 0.423 e. The van der Waals surface area contributed by atoms with Gasteiger partial charge in [-0.1, -0.05) is 17.7 Å². The van der Waals surface area contributed by atoms with Crippen LogP contribution in [0.5, 0.6) is 0 Å². The zero-order valence-corrected chi connectivity index (χ0v) is 15.5. The molecule has 0 saturated carbocycles. The number of hydrogen-bond acceptors (Lipinski definition) is 4. The number of carbonyl (C=O) groups excluding carboxylic acids is 1. The van der Waals surface area contributed by atoms with Crippen LogP contribution in [0.2, 0.25) is 0 Å². The summed E-state index contributed by atoms with van der Waals surface area (Å²) in [4.78, 5) is 25.7. The molecule has 2 aromatic carbocycles. The highest BCUT2D eigenvalue weighted by molar-refractivity contribution is 5.92. The third-order valence-electron chi connectivity index (χ3n) is 4.96. The second-order valence-electron chi connectivity index (χ2n) is 7.14. The monoisotopic (exact) mass is 362 g/mol. The predicted molar refractivity (Wildman–Crippen MR) is 107 cm³/mol. The van der Waals surface area contributed by atoms with Gasteiger partial charge in [0.2, 0.25) is 5.91 Å². The molecular weight excluding hydrogens is 340 g/mol. The number of carbonyl (C=O) groups is 1. The van der Waals surface area contributed by atoms with E-state index in [1.165, 1.54) is 23.7 Å². The van der Waals surface area contributed by atoms with E-state index in [2.05, 4.69) is 35.3 Å². The fourth-order valence-corrected chi connectivity index (χ4v) is 3.82. The molecule has 0 atom stereocenters. The van der Waals surface area contributed by atoms with Crippen molar-refractivity contribution in [3.8, 4) is 0 Å². The van der Waals surface area contributed by atoms with Crippen molar-refractivity contribution in [2.45, 2.75) is 33.2 Å². The van der Waals surface area contributed by atoms with Crippen LogP contribution in [0, 0.1) is 6.92 Å². The maximum absolute atomic E-state index is 12.1. The quantitative estimate of drug-likeness (QED) is 0.715. The molecule has 0 unspecified atom stereocenters. The number of nitrogens with one attached hydrogen (secondary N) is 1. The third-order valence-corrected chi connectivity index (χ3v) is 4.96. The molecular formula is C22H22N2O3. The summed E-state index contributed by atoms with van der Waals surface area (Å²) in [5.41, 5.74) is 5.54. The van der Waals surface area contributed by atoms with E-state index in [1.54, 1.807) is 12.1 Å². The van der Waals surface area contributed by atoms with Crippen LogP contribution in [-0.2, 0) is 17.8 Å². The summed E-state index contributed by atoms with van der Waals surface area (Å²) in [6.07, 6.45) is 2.19. The summed E-state index contributed by atoms with van der Waals surface area (Å²) in [6, 6.07) is 13.6. The Hall–Kier alpha value is -3.08. The van der Waals surface area contributed by atoms with Crippen LogP contribution in [0.1, 0.15) is 30.0 Å². The normalized spacial score (nSPS) is 13.5. The molecule has 0 radical (unpaired) electrons. The van der Waals surface area contributed by atoms with E-state index in [1.807, 2.05) is 12.1 Å². The average molecular weight is 362 g/mol. The highest BCUT2D eigenvalue weighted by Gasteiger charge is 2.18. The first kappa shape index (κ1) is 17.3. The average Bonchev–Trinajstić information content (AvgIpc) is 2.60. The van der Waals surface area contributed by atoms with Gasteiger partial charge in [-0.2, -0.15) is 0 Å². The summed E-state index contributed by atoms with van der Waals surface area (Å²) in [5.74, 6) is -0.159.